The van der Waals surface area contributed by atoms with Crippen molar-refractivity contribution in [3.63, 3.8) is 0 Å². The van der Waals surface area contributed by atoms with Gasteiger partial charge in [0.25, 0.3) is 5.91 Å². The van der Waals surface area contributed by atoms with E-state index in [2.05, 4.69) is 15.9 Å². The van der Waals surface area contributed by atoms with E-state index in [0.717, 1.165) is 19.2 Å². The van der Waals surface area contributed by atoms with Gasteiger partial charge >= 0.3 is 0 Å². The standard InChI is InChI=1S/C25H20BrN3O4S/c1-17-2-4-19(5-3-17)16-28(34(32,33)22-12-8-20(26)9-13-22)23-14-24(30)29(25(23)31)21-10-6-18(15-27)7-11-21/h2-13,23H,14,16H2,1H3. The molecule has 1 saturated heterocycles. The van der Waals surface area contributed by atoms with Crippen molar-refractivity contribution in [1.29, 1.82) is 5.26 Å². The summed E-state index contributed by atoms with van der Waals surface area (Å²) in [5.74, 6) is -1.12. The Kier molecular flexibility index (Phi) is 6.66. The highest BCUT2D eigenvalue weighted by Crippen LogP contribution is 2.31. The number of imide groups is 1. The lowest BCUT2D eigenvalue weighted by Gasteiger charge is -2.27. The molecular formula is C25H20BrN3O4S. The minimum atomic E-state index is -4.11. The van der Waals surface area contributed by atoms with Crippen LogP contribution in [0.15, 0.2) is 82.2 Å². The highest BCUT2D eigenvalue weighted by atomic mass is 79.9. The van der Waals surface area contributed by atoms with Gasteiger partial charge in [-0.05, 0) is 61.0 Å². The number of rotatable bonds is 6. The average Bonchev–Trinajstić information content (AvgIpc) is 3.12. The molecule has 1 heterocycles. The maximum Gasteiger partial charge on any atom is 0.252 e. The van der Waals surface area contributed by atoms with Crippen LogP contribution in [-0.4, -0.2) is 30.6 Å². The molecule has 0 spiro atoms. The van der Waals surface area contributed by atoms with E-state index in [0.29, 0.717) is 16.8 Å². The molecule has 34 heavy (non-hydrogen) atoms. The Morgan fingerprint density at radius 2 is 1.62 bits per heavy atom. The summed E-state index contributed by atoms with van der Waals surface area (Å²) < 4.78 is 29.2. The van der Waals surface area contributed by atoms with Crippen LogP contribution in [-0.2, 0) is 26.2 Å². The van der Waals surface area contributed by atoms with Crippen LogP contribution in [0.2, 0.25) is 0 Å². The summed E-state index contributed by atoms with van der Waals surface area (Å²) in [6, 6.07) is 20.3. The van der Waals surface area contributed by atoms with Gasteiger partial charge in [-0.3, -0.25) is 9.59 Å². The molecular weight excluding hydrogens is 518 g/mol. The van der Waals surface area contributed by atoms with Gasteiger partial charge < -0.3 is 0 Å². The van der Waals surface area contributed by atoms with E-state index in [1.54, 1.807) is 24.3 Å². The normalized spacial score (nSPS) is 16.2. The van der Waals surface area contributed by atoms with Gasteiger partial charge in [0.05, 0.1) is 28.6 Å². The lowest BCUT2D eigenvalue weighted by molar-refractivity contribution is -0.122. The monoisotopic (exact) mass is 537 g/mol. The van der Waals surface area contributed by atoms with E-state index in [4.69, 9.17) is 5.26 Å². The second-order valence-electron chi connectivity index (χ2n) is 7.94. The molecule has 0 radical (unpaired) electrons. The van der Waals surface area contributed by atoms with Crippen molar-refractivity contribution < 1.29 is 18.0 Å². The van der Waals surface area contributed by atoms with E-state index in [-0.39, 0.29) is 17.9 Å². The number of amides is 2. The van der Waals surface area contributed by atoms with Crippen LogP contribution in [0.5, 0.6) is 0 Å². The second-order valence-corrected chi connectivity index (χ2v) is 10.7. The van der Waals surface area contributed by atoms with Gasteiger partial charge in [-0.1, -0.05) is 45.8 Å². The molecule has 172 valence electrons. The Bertz CT molecular complexity index is 1380. The quantitative estimate of drug-likeness (QED) is 0.439. The van der Waals surface area contributed by atoms with Gasteiger partial charge in [-0.15, -0.1) is 0 Å². The molecule has 1 aliphatic rings. The number of hydrogen-bond acceptors (Lipinski definition) is 5. The minimum Gasteiger partial charge on any atom is -0.274 e. The first kappa shape index (κ1) is 23.8. The highest BCUT2D eigenvalue weighted by Gasteiger charge is 2.47. The van der Waals surface area contributed by atoms with Crippen molar-refractivity contribution in [3.05, 3.63) is 94.0 Å². The zero-order valence-electron chi connectivity index (χ0n) is 18.2. The molecule has 7 nitrogen and oxygen atoms in total. The third kappa shape index (κ3) is 4.66. The highest BCUT2D eigenvalue weighted by molar-refractivity contribution is 9.10. The summed E-state index contributed by atoms with van der Waals surface area (Å²) in [7, 11) is -4.11. The van der Waals surface area contributed by atoms with Gasteiger partial charge in [-0.25, -0.2) is 13.3 Å². The molecule has 3 aromatic carbocycles. The molecule has 0 aliphatic carbocycles. The van der Waals surface area contributed by atoms with Crippen molar-refractivity contribution in [3.8, 4) is 6.07 Å². The Balaban J connectivity index is 1.74. The number of anilines is 1. The Hall–Kier alpha value is -3.32. The fourth-order valence-electron chi connectivity index (χ4n) is 3.78. The SMILES string of the molecule is Cc1ccc(CN(C2CC(=O)N(c3ccc(C#N)cc3)C2=O)S(=O)(=O)c2ccc(Br)cc2)cc1. The first-order valence-electron chi connectivity index (χ1n) is 10.4. The number of carbonyl (C=O) groups is 2. The van der Waals surface area contributed by atoms with Crippen LogP contribution in [0.4, 0.5) is 5.69 Å². The van der Waals surface area contributed by atoms with Crippen LogP contribution in [0.1, 0.15) is 23.1 Å². The molecule has 0 saturated carbocycles. The summed E-state index contributed by atoms with van der Waals surface area (Å²) >= 11 is 3.30. The maximum absolute atomic E-state index is 13.7. The summed E-state index contributed by atoms with van der Waals surface area (Å²) in [5, 5.41) is 9.01. The van der Waals surface area contributed by atoms with Crippen LogP contribution in [0.25, 0.3) is 0 Å². The number of hydrogen-bond donors (Lipinski definition) is 0. The van der Waals surface area contributed by atoms with Crippen LogP contribution in [0, 0.1) is 18.3 Å². The Morgan fingerprint density at radius 1 is 1.00 bits per heavy atom. The van der Waals surface area contributed by atoms with Gasteiger partial charge in [0, 0.05) is 11.0 Å². The van der Waals surface area contributed by atoms with Crippen LogP contribution >= 0.6 is 15.9 Å². The zero-order valence-corrected chi connectivity index (χ0v) is 20.6. The van der Waals surface area contributed by atoms with Gasteiger partial charge in [-0.2, -0.15) is 9.57 Å². The lowest BCUT2D eigenvalue weighted by atomic mass is 10.1. The number of benzene rings is 3. The lowest BCUT2D eigenvalue weighted by Crippen LogP contribution is -2.45. The summed E-state index contributed by atoms with van der Waals surface area (Å²) in [4.78, 5) is 27.3. The fraction of sp³-hybridized carbons (Fsp3) is 0.160. The van der Waals surface area contributed by atoms with Crippen molar-refractivity contribution in [1.82, 2.24) is 4.31 Å². The number of nitrogens with zero attached hydrogens (tertiary/aromatic N) is 3. The predicted octanol–water partition coefficient (Wildman–Crippen LogP) is 4.15. The minimum absolute atomic E-state index is 0.0277. The predicted molar refractivity (Wildman–Crippen MR) is 130 cm³/mol. The van der Waals surface area contributed by atoms with Gasteiger partial charge in [0.2, 0.25) is 15.9 Å². The maximum atomic E-state index is 13.7. The second kappa shape index (κ2) is 9.50. The smallest absolute Gasteiger partial charge is 0.252 e. The van der Waals surface area contributed by atoms with Gasteiger partial charge in [0.15, 0.2) is 0 Å². The summed E-state index contributed by atoms with van der Waals surface area (Å²) in [6.07, 6.45) is -0.277. The van der Waals surface area contributed by atoms with Crippen molar-refractivity contribution in [2.24, 2.45) is 0 Å². The van der Waals surface area contributed by atoms with Crippen LogP contribution in [0.3, 0.4) is 0 Å². The molecule has 1 atom stereocenters. The molecule has 1 aliphatic heterocycles. The first-order valence-corrected chi connectivity index (χ1v) is 12.6. The van der Waals surface area contributed by atoms with Crippen LogP contribution < -0.4 is 4.90 Å². The molecule has 0 bridgehead atoms. The number of carbonyl (C=O) groups excluding carboxylic acids is 2. The molecule has 0 N–H and O–H groups in total. The molecule has 4 rings (SSSR count). The Morgan fingerprint density at radius 3 is 2.21 bits per heavy atom. The van der Waals surface area contributed by atoms with E-state index < -0.39 is 27.9 Å². The third-order valence-corrected chi connectivity index (χ3v) is 8.00. The molecule has 1 unspecified atom stereocenters. The average molecular weight is 538 g/mol. The summed E-state index contributed by atoms with van der Waals surface area (Å²) in [6.45, 7) is 1.86. The van der Waals surface area contributed by atoms with Crippen molar-refractivity contribution in [2.75, 3.05) is 4.90 Å². The fourth-order valence-corrected chi connectivity index (χ4v) is 5.61. The number of sulfonamides is 1. The molecule has 2 amide bonds. The van der Waals surface area contributed by atoms with Crippen molar-refractivity contribution >= 4 is 43.5 Å². The summed E-state index contributed by atoms with van der Waals surface area (Å²) in [5.41, 5.74) is 2.40. The van der Waals surface area contributed by atoms with E-state index in [1.165, 1.54) is 36.4 Å². The van der Waals surface area contributed by atoms with Crippen molar-refractivity contribution in [2.45, 2.75) is 30.8 Å². The van der Waals surface area contributed by atoms with Gasteiger partial charge in [0.1, 0.15) is 6.04 Å². The topological polar surface area (TPSA) is 98.5 Å². The Labute approximate surface area is 206 Å². The molecule has 3 aromatic rings. The number of halogens is 1. The third-order valence-electron chi connectivity index (χ3n) is 5.60. The molecule has 9 heteroatoms. The number of nitriles is 1. The van der Waals surface area contributed by atoms with E-state index in [1.807, 2.05) is 25.1 Å². The largest absolute Gasteiger partial charge is 0.274 e. The van der Waals surface area contributed by atoms with E-state index in [9.17, 15) is 18.0 Å². The van der Waals surface area contributed by atoms with E-state index >= 15 is 0 Å². The molecule has 0 aromatic heterocycles. The zero-order chi connectivity index (χ0) is 24.5. The molecule has 1 fully saturated rings. The first-order chi connectivity index (χ1) is 16.2. The number of aryl methyl sites for hydroxylation is 1.